The van der Waals surface area contributed by atoms with E-state index in [2.05, 4.69) is 5.43 Å². The number of nitrogens with one attached hydrogen (secondary N) is 2. The molecule has 0 fully saturated rings. The molecule has 0 heterocycles. The first kappa shape index (κ1) is 36.9. The predicted octanol–water partition coefficient (Wildman–Crippen LogP) is 3.00. The number of amides is 2. The molecule has 4 rings (SSSR count). The Morgan fingerprint density at radius 2 is 1.12 bits per heavy atom. The zero-order valence-corrected chi connectivity index (χ0v) is 27.4. The van der Waals surface area contributed by atoms with Gasteiger partial charge in [-0.25, -0.2) is 14.4 Å². The molecule has 0 unspecified atom stereocenters. The summed E-state index contributed by atoms with van der Waals surface area (Å²) < 4.78 is 30.7. The van der Waals surface area contributed by atoms with Gasteiger partial charge in [0.05, 0.1) is 25.3 Å². The number of esters is 4. The van der Waals surface area contributed by atoms with Gasteiger partial charge in [-0.05, 0) is 53.2 Å². The Morgan fingerprint density at radius 1 is 0.608 bits per heavy atom. The molecule has 0 aliphatic heterocycles. The first-order valence-electron chi connectivity index (χ1n) is 14.8. The summed E-state index contributed by atoms with van der Waals surface area (Å²) in [5, 5.41) is 11.4. The third-order valence-corrected chi connectivity index (χ3v) is 6.88. The lowest BCUT2D eigenvalue weighted by Crippen LogP contribution is -2.54. The highest BCUT2D eigenvalue weighted by atomic mass is 16.6. The highest BCUT2D eigenvalue weighted by Crippen LogP contribution is 2.30. The maximum Gasteiger partial charge on any atom is 0.349 e. The Labute approximate surface area is 289 Å². The Morgan fingerprint density at radius 3 is 1.63 bits per heavy atom. The summed E-state index contributed by atoms with van der Waals surface area (Å²) in [4.78, 5) is 88.5. The van der Waals surface area contributed by atoms with Crippen molar-refractivity contribution in [1.29, 1.82) is 0 Å². The molecule has 16 nitrogen and oxygen atoms in total. The number of hydrazine groups is 1. The number of carbonyl (C=O) groups excluding carboxylic acids is 6. The number of fused-ring (bicyclic) bond motifs is 1. The molecule has 2 amide bonds. The van der Waals surface area contributed by atoms with Gasteiger partial charge in [-0.1, -0.05) is 36.4 Å². The van der Waals surface area contributed by atoms with Gasteiger partial charge in [0.15, 0.2) is 23.0 Å². The lowest BCUT2D eigenvalue weighted by Gasteiger charge is -2.24. The number of carboxylic acid groups (broad SMARTS) is 1. The summed E-state index contributed by atoms with van der Waals surface area (Å²) >= 11 is 0. The fourth-order valence-electron chi connectivity index (χ4n) is 4.61. The number of rotatable bonds is 12. The predicted molar refractivity (Wildman–Crippen MR) is 174 cm³/mol. The first-order valence-corrected chi connectivity index (χ1v) is 14.8. The van der Waals surface area contributed by atoms with Crippen LogP contribution in [0.3, 0.4) is 0 Å². The summed E-state index contributed by atoms with van der Waals surface area (Å²) in [5.41, 5.74) is 3.74. The quantitative estimate of drug-likeness (QED) is 0.110. The van der Waals surface area contributed by atoms with E-state index in [1.807, 2.05) is 5.43 Å². The van der Waals surface area contributed by atoms with E-state index in [0.717, 1.165) is 38.1 Å². The number of hydrogen-bond donors (Lipinski definition) is 3. The Kier molecular flexibility index (Phi) is 11.9. The molecule has 264 valence electrons. The van der Waals surface area contributed by atoms with Crippen molar-refractivity contribution in [3.05, 3.63) is 95.6 Å². The molecule has 3 N–H and O–H groups in total. The lowest BCUT2D eigenvalue weighted by atomic mass is 10.0. The first-order chi connectivity index (χ1) is 24.3. The molecule has 0 aromatic heterocycles. The van der Waals surface area contributed by atoms with E-state index >= 15 is 0 Å². The minimum Gasteiger partial charge on any atom is -0.493 e. The van der Waals surface area contributed by atoms with E-state index in [4.69, 9.17) is 28.4 Å². The average molecular weight is 703 g/mol. The van der Waals surface area contributed by atoms with Crippen molar-refractivity contribution in [3.8, 4) is 23.0 Å². The van der Waals surface area contributed by atoms with E-state index in [-0.39, 0.29) is 39.7 Å². The van der Waals surface area contributed by atoms with Crippen LogP contribution in [0, 0.1) is 0 Å². The molecule has 0 spiro atoms. The van der Waals surface area contributed by atoms with Crippen molar-refractivity contribution in [2.24, 2.45) is 0 Å². The van der Waals surface area contributed by atoms with Crippen LogP contribution in [0.15, 0.2) is 78.9 Å². The zero-order valence-electron chi connectivity index (χ0n) is 27.4. The van der Waals surface area contributed by atoms with Gasteiger partial charge in [-0.3, -0.25) is 30.0 Å². The summed E-state index contributed by atoms with van der Waals surface area (Å²) in [5.74, 6) is -8.38. The van der Waals surface area contributed by atoms with Crippen LogP contribution in [0.5, 0.6) is 23.0 Å². The van der Waals surface area contributed by atoms with Gasteiger partial charge >= 0.3 is 29.8 Å². The van der Waals surface area contributed by atoms with Crippen molar-refractivity contribution in [1.82, 2.24) is 10.9 Å². The molecular formula is C35H30N2O14. The number of ether oxygens (including phenoxy) is 6. The molecule has 0 saturated carbocycles. The molecule has 4 aromatic rings. The minimum absolute atomic E-state index is 0.0559. The SMILES string of the molecule is COc1cc(C(=O)O[C@@H](C(=O)O)[C@@H](OC(=O)c2ccc(OC(C)=O)c(OC)c2)C(=O)NNC(=O)c2cccc3ccccc23)ccc1OC(C)=O. The molecule has 0 bridgehead atoms. The zero-order chi connectivity index (χ0) is 37.2. The summed E-state index contributed by atoms with van der Waals surface area (Å²) in [7, 11) is 2.44. The van der Waals surface area contributed by atoms with E-state index in [0.29, 0.717) is 10.8 Å². The van der Waals surface area contributed by atoms with Crippen molar-refractivity contribution in [3.63, 3.8) is 0 Å². The summed E-state index contributed by atoms with van der Waals surface area (Å²) in [6.45, 7) is 2.28. The Balaban J connectivity index is 1.65. The standard InChI is InChI=1S/C35H30N2O14/c1-18(38)48-25-14-12-21(16-27(25)46-3)34(44)50-29(32(41)37-36-31(40)24-11-7-9-20-8-5-6-10-23(20)24)30(33(42)43)51-35(45)22-13-15-26(49-19(2)39)28(17-22)47-4/h5-17,29-30H,1-4H3,(H,36,40)(H,37,41)(H,42,43)/t29-,30-/m1/s1. The van der Waals surface area contributed by atoms with E-state index in [1.54, 1.807) is 36.4 Å². The van der Waals surface area contributed by atoms with Crippen molar-refractivity contribution < 1.29 is 67.1 Å². The second kappa shape index (κ2) is 16.4. The van der Waals surface area contributed by atoms with Gasteiger partial charge in [0, 0.05) is 19.4 Å². The molecular weight excluding hydrogens is 672 g/mol. The molecule has 0 aliphatic rings. The summed E-state index contributed by atoms with van der Waals surface area (Å²) in [6, 6.07) is 18.6. The maximum absolute atomic E-state index is 13.5. The number of aliphatic carboxylic acids is 1. The van der Waals surface area contributed by atoms with Crippen molar-refractivity contribution in [2.75, 3.05) is 14.2 Å². The Hall–Kier alpha value is -6.97. The summed E-state index contributed by atoms with van der Waals surface area (Å²) in [6.07, 6.45) is -4.90. The lowest BCUT2D eigenvalue weighted by molar-refractivity contribution is -0.159. The normalized spacial score (nSPS) is 11.6. The molecule has 0 radical (unpaired) electrons. The molecule has 0 saturated heterocycles. The van der Waals surface area contributed by atoms with Crippen LogP contribution in [0.1, 0.15) is 44.9 Å². The van der Waals surface area contributed by atoms with Crippen LogP contribution >= 0.6 is 0 Å². The third kappa shape index (κ3) is 9.14. The molecule has 51 heavy (non-hydrogen) atoms. The number of methoxy groups -OCH3 is 2. The second-order valence-electron chi connectivity index (χ2n) is 10.4. The van der Waals surface area contributed by atoms with Crippen LogP contribution in [0.4, 0.5) is 0 Å². The molecule has 16 heteroatoms. The van der Waals surface area contributed by atoms with E-state index in [9.17, 15) is 38.7 Å². The van der Waals surface area contributed by atoms with E-state index in [1.165, 1.54) is 32.4 Å². The van der Waals surface area contributed by atoms with E-state index < -0.39 is 53.9 Å². The largest absolute Gasteiger partial charge is 0.493 e. The number of hydrogen-bond acceptors (Lipinski definition) is 13. The monoisotopic (exact) mass is 702 g/mol. The number of carbonyl (C=O) groups is 7. The fourth-order valence-corrected chi connectivity index (χ4v) is 4.61. The van der Waals surface area contributed by atoms with Crippen LogP contribution in [-0.4, -0.2) is 73.2 Å². The van der Waals surface area contributed by atoms with Crippen LogP contribution in [-0.2, 0) is 28.7 Å². The Bertz CT molecular complexity index is 2020. The van der Waals surface area contributed by atoms with Gasteiger partial charge in [0.1, 0.15) is 0 Å². The fraction of sp³-hybridized carbons (Fsp3) is 0.171. The van der Waals surface area contributed by atoms with Gasteiger partial charge in [-0.2, -0.15) is 0 Å². The van der Waals surface area contributed by atoms with Crippen LogP contribution in [0.25, 0.3) is 10.8 Å². The highest BCUT2D eigenvalue weighted by Gasteiger charge is 2.41. The van der Waals surface area contributed by atoms with Gasteiger partial charge in [0.25, 0.3) is 11.8 Å². The third-order valence-electron chi connectivity index (χ3n) is 6.88. The minimum atomic E-state index is -2.49. The van der Waals surface area contributed by atoms with Gasteiger partial charge < -0.3 is 33.5 Å². The van der Waals surface area contributed by atoms with Crippen molar-refractivity contribution >= 4 is 52.4 Å². The molecule has 4 aromatic carbocycles. The van der Waals surface area contributed by atoms with Crippen molar-refractivity contribution in [2.45, 2.75) is 26.1 Å². The smallest absolute Gasteiger partial charge is 0.349 e. The number of benzene rings is 4. The molecule has 0 aliphatic carbocycles. The number of carboxylic acids is 1. The topological polar surface area (TPSA) is 219 Å². The highest BCUT2D eigenvalue weighted by molar-refractivity contribution is 6.07. The van der Waals surface area contributed by atoms with Gasteiger partial charge in [-0.15, -0.1) is 0 Å². The van der Waals surface area contributed by atoms with Crippen LogP contribution < -0.4 is 29.8 Å². The molecule has 2 atom stereocenters. The van der Waals surface area contributed by atoms with Gasteiger partial charge in [0.2, 0.25) is 12.2 Å². The maximum atomic E-state index is 13.5. The van der Waals surface area contributed by atoms with Crippen LogP contribution in [0.2, 0.25) is 0 Å². The second-order valence-corrected chi connectivity index (χ2v) is 10.4. The average Bonchev–Trinajstić information content (AvgIpc) is 3.11.